The Morgan fingerprint density at radius 2 is 2.00 bits per heavy atom. The Morgan fingerprint density at radius 1 is 1.26 bits per heavy atom. The van der Waals surface area contributed by atoms with Crippen LogP contribution in [0.3, 0.4) is 0 Å². The summed E-state index contributed by atoms with van der Waals surface area (Å²) in [4.78, 5) is 16.3. The standard InChI is InChI=1S/C17H21N3OS.ClH/c21-16(6-1-13-7-9-18-10-8-13)20-15-4-2-14(3-5-15)17-19-11-12-22-17;/h2-5,11-13,18H,1,6-10H2,(H,20,21);1H. The normalized spacial score (nSPS) is 15.0. The smallest absolute Gasteiger partial charge is 0.224 e. The second-order valence-corrected chi connectivity index (χ2v) is 6.59. The lowest BCUT2D eigenvalue weighted by molar-refractivity contribution is -0.116. The van der Waals surface area contributed by atoms with Gasteiger partial charge >= 0.3 is 0 Å². The Balaban J connectivity index is 0.00000192. The maximum atomic E-state index is 12.0. The van der Waals surface area contributed by atoms with Crippen molar-refractivity contribution in [1.29, 1.82) is 0 Å². The highest BCUT2D eigenvalue weighted by atomic mass is 35.5. The van der Waals surface area contributed by atoms with Crippen LogP contribution in [0.15, 0.2) is 35.8 Å². The van der Waals surface area contributed by atoms with Gasteiger partial charge in [0, 0.05) is 29.2 Å². The molecule has 6 heteroatoms. The van der Waals surface area contributed by atoms with Crippen LogP contribution in [0.1, 0.15) is 25.7 Å². The van der Waals surface area contributed by atoms with E-state index in [1.54, 1.807) is 17.5 Å². The molecule has 1 aromatic heterocycles. The van der Waals surface area contributed by atoms with Crippen molar-refractivity contribution in [2.45, 2.75) is 25.7 Å². The molecule has 3 rings (SSSR count). The van der Waals surface area contributed by atoms with Crippen molar-refractivity contribution in [3.63, 3.8) is 0 Å². The van der Waals surface area contributed by atoms with Crippen molar-refractivity contribution in [2.75, 3.05) is 18.4 Å². The van der Waals surface area contributed by atoms with Crippen molar-refractivity contribution in [3.05, 3.63) is 35.8 Å². The highest BCUT2D eigenvalue weighted by Crippen LogP contribution is 2.23. The second kappa shape index (κ2) is 9.01. The number of carbonyl (C=O) groups excluding carboxylic acids is 1. The number of amides is 1. The molecule has 1 aliphatic rings. The zero-order chi connectivity index (χ0) is 15.2. The summed E-state index contributed by atoms with van der Waals surface area (Å²) in [5.74, 6) is 0.805. The number of benzene rings is 1. The quantitative estimate of drug-likeness (QED) is 0.857. The predicted octanol–water partition coefficient (Wildman–Crippen LogP) is 3.95. The molecule has 0 spiro atoms. The molecule has 2 N–H and O–H groups in total. The number of rotatable bonds is 5. The van der Waals surface area contributed by atoms with Gasteiger partial charge < -0.3 is 10.6 Å². The topological polar surface area (TPSA) is 54.0 Å². The van der Waals surface area contributed by atoms with Crippen LogP contribution in [0.25, 0.3) is 10.6 Å². The average Bonchev–Trinajstić information content (AvgIpc) is 3.09. The first-order valence-electron chi connectivity index (χ1n) is 7.82. The first-order chi connectivity index (χ1) is 10.8. The van der Waals surface area contributed by atoms with E-state index in [-0.39, 0.29) is 18.3 Å². The van der Waals surface area contributed by atoms with Crippen LogP contribution in [-0.4, -0.2) is 24.0 Å². The second-order valence-electron chi connectivity index (χ2n) is 5.69. The minimum atomic E-state index is 0. The van der Waals surface area contributed by atoms with E-state index in [0.29, 0.717) is 12.3 Å². The average molecular weight is 352 g/mol. The van der Waals surface area contributed by atoms with Gasteiger partial charge in [0.1, 0.15) is 5.01 Å². The Bertz CT molecular complexity index is 595. The summed E-state index contributed by atoms with van der Waals surface area (Å²) in [7, 11) is 0. The van der Waals surface area contributed by atoms with Crippen LogP contribution < -0.4 is 10.6 Å². The lowest BCUT2D eigenvalue weighted by Gasteiger charge is -2.22. The molecule has 1 saturated heterocycles. The molecule has 2 heterocycles. The SMILES string of the molecule is Cl.O=C(CCC1CCNCC1)Nc1ccc(-c2nccs2)cc1. The molecule has 0 bridgehead atoms. The van der Waals surface area contributed by atoms with E-state index >= 15 is 0 Å². The van der Waals surface area contributed by atoms with Crippen LogP contribution in [0, 0.1) is 5.92 Å². The van der Waals surface area contributed by atoms with Crippen molar-refractivity contribution in [3.8, 4) is 10.6 Å². The third kappa shape index (κ3) is 5.30. The zero-order valence-electron chi connectivity index (χ0n) is 13.0. The van der Waals surface area contributed by atoms with Gasteiger partial charge in [-0.2, -0.15) is 0 Å². The van der Waals surface area contributed by atoms with Gasteiger partial charge in [-0.15, -0.1) is 23.7 Å². The highest BCUT2D eigenvalue weighted by molar-refractivity contribution is 7.13. The number of thiazole rings is 1. The van der Waals surface area contributed by atoms with Gasteiger partial charge in [-0.25, -0.2) is 4.98 Å². The summed E-state index contributed by atoms with van der Waals surface area (Å²) in [5.41, 5.74) is 1.94. The molecule has 1 aromatic carbocycles. The maximum absolute atomic E-state index is 12.0. The van der Waals surface area contributed by atoms with E-state index in [2.05, 4.69) is 15.6 Å². The van der Waals surface area contributed by atoms with Crippen molar-refractivity contribution in [1.82, 2.24) is 10.3 Å². The number of nitrogens with zero attached hydrogens (tertiary/aromatic N) is 1. The molecule has 23 heavy (non-hydrogen) atoms. The summed E-state index contributed by atoms with van der Waals surface area (Å²) >= 11 is 1.62. The van der Waals surface area contributed by atoms with Crippen LogP contribution in [0.5, 0.6) is 0 Å². The Morgan fingerprint density at radius 3 is 2.65 bits per heavy atom. The highest BCUT2D eigenvalue weighted by Gasteiger charge is 2.14. The molecule has 2 aromatic rings. The molecule has 4 nitrogen and oxygen atoms in total. The zero-order valence-corrected chi connectivity index (χ0v) is 14.6. The fourth-order valence-electron chi connectivity index (χ4n) is 2.79. The molecule has 0 atom stereocenters. The van der Waals surface area contributed by atoms with Crippen LogP contribution >= 0.6 is 23.7 Å². The molecule has 124 valence electrons. The fraction of sp³-hybridized carbons (Fsp3) is 0.412. The number of carbonyl (C=O) groups is 1. The van der Waals surface area contributed by atoms with Gasteiger partial charge in [-0.05, 0) is 62.5 Å². The van der Waals surface area contributed by atoms with Gasteiger partial charge in [-0.1, -0.05) is 0 Å². The Hall–Kier alpha value is -1.43. The van der Waals surface area contributed by atoms with E-state index in [1.165, 1.54) is 12.8 Å². The number of hydrogen-bond donors (Lipinski definition) is 2. The van der Waals surface area contributed by atoms with Gasteiger partial charge in [-0.3, -0.25) is 4.79 Å². The van der Waals surface area contributed by atoms with Gasteiger partial charge in [0.25, 0.3) is 0 Å². The van der Waals surface area contributed by atoms with Gasteiger partial charge in [0.2, 0.25) is 5.91 Å². The lowest BCUT2D eigenvalue weighted by atomic mass is 9.93. The number of halogens is 1. The number of aromatic nitrogens is 1. The maximum Gasteiger partial charge on any atom is 0.224 e. The summed E-state index contributed by atoms with van der Waals surface area (Å²) in [6.07, 6.45) is 5.78. The minimum Gasteiger partial charge on any atom is -0.326 e. The van der Waals surface area contributed by atoms with Crippen LogP contribution in [-0.2, 0) is 4.79 Å². The predicted molar refractivity (Wildman–Crippen MR) is 98.3 cm³/mol. The van der Waals surface area contributed by atoms with Crippen LogP contribution in [0.2, 0.25) is 0 Å². The van der Waals surface area contributed by atoms with Crippen molar-refractivity contribution >= 4 is 35.3 Å². The first-order valence-corrected chi connectivity index (χ1v) is 8.70. The third-order valence-electron chi connectivity index (χ3n) is 4.09. The monoisotopic (exact) mass is 351 g/mol. The third-order valence-corrected chi connectivity index (χ3v) is 4.91. The molecular weight excluding hydrogens is 330 g/mol. The number of anilines is 1. The summed E-state index contributed by atoms with van der Waals surface area (Å²) < 4.78 is 0. The van der Waals surface area contributed by atoms with Crippen molar-refractivity contribution < 1.29 is 4.79 Å². The van der Waals surface area contributed by atoms with E-state index < -0.39 is 0 Å². The van der Waals surface area contributed by atoms with Crippen molar-refractivity contribution in [2.24, 2.45) is 5.92 Å². The molecule has 1 fully saturated rings. The fourth-order valence-corrected chi connectivity index (χ4v) is 3.44. The molecule has 1 aliphatic heterocycles. The number of piperidine rings is 1. The van der Waals surface area contributed by atoms with E-state index in [0.717, 1.165) is 35.8 Å². The van der Waals surface area contributed by atoms with E-state index in [1.807, 2.05) is 29.6 Å². The number of nitrogens with one attached hydrogen (secondary N) is 2. The molecule has 0 saturated carbocycles. The van der Waals surface area contributed by atoms with E-state index in [9.17, 15) is 4.79 Å². The Labute approximate surface area is 147 Å². The molecule has 1 amide bonds. The molecular formula is C17H22ClN3OS. The van der Waals surface area contributed by atoms with Gasteiger partial charge in [0.15, 0.2) is 0 Å². The molecule has 0 aliphatic carbocycles. The molecule has 0 radical (unpaired) electrons. The van der Waals surface area contributed by atoms with Gasteiger partial charge in [0.05, 0.1) is 0 Å². The summed E-state index contributed by atoms with van der Waals surface area (Å²) in [6, 6.07) is 7.89. The summed E-state index contributed by atoms with van der Waals surface area (Å²) in [5, 5.41) is 9.30. The largest absolute Gasteiger partial charge is 0.326 e. The number of hydrogen-bond acceptors (Lipinski definition) is 4. The molecule has 0 unspecified atom stereocenters. The Kier molecular flexibility index (Phi) is 7.02. The van der Waals surface area contributed by atoms with Crippen LogP contribution in [0.4, 0.5) is 5.69 Å². The summed E-state index contributed by atoms with van der Waals surface area (Å²) in [6.45, 7) is 2.18. The first kappa shape index (κ1) is 17.9. The lowest BCUT2D eigenvalue weighted by Crippen LogP contribution is -2.28. The minimum absolute atomic E-state index is 0. The van der Waals surface area contributed by atoms with E-state index in [4.69, 9.17) is 0 Å².